The molecule has 7 nitrogen and oxygen atoms in total. The summed E-state index contributed by atoms with van der Waals surface area (Å²) in [5.74, 6) is 1.55. The number of amides is 1. The van der Waals surface area contributed by atoms with Crippen molar-refractivity contribution in [3.8, 4) is 22.6 Å². The van der Waals surface area contributed by atoms with E-state index in [9.17, 15) is 4.79 Å². The van der Waals surface area contributed by atoms with Gasteiger partial charge >= 0.3 is 0 Å². The molecule has 4 aromatic rings. The summed E-state index contributed by atoms with van der Waals surface area (Å²) in [6.45, 7) is 4.58. The minimum atomic E-state index is 0.0852. The topological polar surface area (TPSA) is 59.8 Å². The van der Waals surface area contributed by atoms with Gasteiger partial charge < -0.3 is 14.4 Å². The molecule has 1 aliphatic heterocycles. The Balaban J connectivity index is 1.23. The van der Waals surface area contributed by atoms with Gasteiger partial charge in [0.15, 0.2) is 11.5 Å². The molecule has 0 N–H and O–H groups in total. The van der Waals surface area contributed by atoms with E-state index in [4.69, 9.17) is 9.47 Å². The lowest BCUT2D eigenvalue weighted by molar-refractivity contribution is 0.0629. The lowest BCUT2D eigenvalue weighted by Gasteiger charge is -2.35. The molecule has 1 amide bonds. The number of ether oxygens (including phenoxy) is 2. The molecular formula is C30H32N4O3. The van der Waals surface area contributed by atoms with E-state index < -0.39 is 0 Å². The summed E-state index contributed by atoms with van der Waals surface area (Å²) in [7, 11) is 3.29. The third-order valence-corrected chi connectivity index (χ3v) is 6.84. The zero-order valence-corrected chi connectivity index (χ0v) is 21.3. The summed E-state index contributed by atoms with van der Waals surface area (Å²) < 4.78 is 12.7. The van der Waals surface area contributed by atoms with E-state index in [1.165, 1.54) is 11.1 Å². The van der Waals surface area contributed by atoms with Crippen LogP contribution in [0.5, 0.6) is 11.5 Å². The third-order valence-electron chi connectivity index (χ3n) is 6.84. The van der Waals surface area contributed by atoms with E-state index in [0.717, 1.165) is 54.4 Å². The van der Waals surface area contributed by atoms with Crippen molar-refractivity contribution in [1.82, 2.24) is 19.6 Å². The molecule has 2 heterocycles. The number of hydrogen-bond acceptors (Lipinski definition) is 5. The zero-order valence-electron chi connectivity index (χ0n) is 21.3. The number of aromatic nitrogens is 2. The van der Waals surface area contributed by atoms with Crippen LogP contribution in [-0.2, 0) is 13.1 Å². The smallest absolute Gasteiger partial charge is 0.254 e. The van der Waals surface area contributed by atoms with Gasteiger partial charge in [-0.05, 0) is 46.5 Å². The maximum atomic E-state index is 13.6. The van der Waals surface area contributed by atoms with Gasteiger partial charge in [0.05, 0.1) is 20.8 Å². The fourth-order valence-electron chi connectivity index (χ4n) is 4.81. The van der Waals surface area contributed by atoms with Crippen molar-refractivity contribution in [2.45, 2.75) is 13.1 Å². The average molecular weight is 497 g/mol. The molecule has 0 unspecified atom stereocenters. The van der Waals surface area contributed by atoms with Gasteiger partial charge in [-0.25, -0.2) is 0 Å². The number of carbonyl (C=O) groups is 1. The van der Waals surface area contributed by atoms with Gasteiger partial charge in [0.1, 0.15) is 0 Å². The van der Waals surface area contributed by atoms with Crippen molar-refractivity contribution in [3.63, 3.8) is 0 Å². The van der Waals surface area contributed by atoms with Crippen molar-refractivity contribution in [2.24, 2.45) is 0 Å². The Labute approximate surface area is 217 Å². The van der Waals surface area contributed by atoms with Crippen LogP contribution in [0.3, 0.4) is 0 Å². The fraction of sp³-hybridized carbons (Fsp3) is 0.267. The van der Waals surface area contributed by atoms with Gasteiger partial charge in [-0.2, -0.15) is 5.10 Å². The average Bonchev–Trinajstić information content (AvgIpc) is 3.46. The van der Waals surface area contributed by atoms with Gasteiger partial charge in [-0.3, -0.25) is 14.4 Å². The van der Waals surface area contributed by atoms with E-state index in [0.29, 0.717) is 13.1 Å². The minimum absolute atomic E-state index is 0.0852. The molecule has 0 bridgehead atoms. The SMILES string of the molecule is COc1ccc(CN2CCN(C(=O)c3ccccc3-c3ccc(Cn4cccn4)cc3)CC2)cc1OC. The molecular weight excluding hydrogens is 464 g/mol. The summed E-state index contributed by atoms with van der Waals surface area (Å²) in [6, 6.07) is 24.2. The van der Waals surface area contributed by atoms with Crippen LogP contribution in [0.2, 0.25) is 0 Å². The number of nitrogens with zero attached hydrogens (tertiary/aromatic N) is 4. The predicted molar refractivity (Wildman–Crippen MR) is 144 cm³/mol. The van der Waals surface area contributed by atoms with Crippen molar-refractivity contribution in [3.05, 3.63) is 102 Å². The lowest BCUT2D eigenvalue weighted by Crippen LogP contribution is -2.48. The van der Waals surface area contributed by atoms with E-state index in [1.807, 2.05) is 58.2 Å². The van der Waals surface area contributed by atoms with Crippen LogP contribution >= 0.6 is 0 Å². The minimum Gasteiger partial charge on any atom is -0.493 e. The van der Waals surface area contributed by atoms with Crippen molar-refractivity contribution >= 4 is 5.91 Å². The van der Waals surface area contributed by atoms with Crippen molar-refractivity contribution < 1.29 is 14.3 Å². The number of benzene rings is 3. The Bertz CT molecular complexity index is 1330. The molecule has 0 aliphatic carbocycles. The standard InChI is InChI=1S/C30H32N4O3/c1-36-28-13-10-24(20-29(28)37-2)21-32-16-18-33(19-17-32)30(35)27-7-4-3-6-26(27)25-11-8-23(9-12-25)22-34-15-5-14-31-34/h3-15,20H,16-19,21-22H2,1-2H3. The molecule has 1 aliphatic rings. The highest BCUT2D eigenvalue weighted by Gasteiger charge is 2.24. The number of methoxy groups -OCH3 is 2. The quantitative estimate of drug-likeness (QED) is 0.358. The summed E-state index contributed by atoms with van der Waals surface area (Å²) in [5.41, 5.74) is 5.09. The Kier molecular flexibility index (Phi) is 7.51. The first kappa shape index (κ1) is 24.6. The van der Waals surface area contributed by atoms with Crippen LogP contribution < -0.4 is 9.47 Å². The zero-order chi connectivity index (χ0) is 25.6. The highest BCUT2D eigenvalue weighted by molar-refractivity contribution is 6.01. The van der Waals surface area contributed by atoms with Crippen molar-refractivity contribution in [2.75, 3.05) is 40.4 Å². The Morgan fingerprint density at radius 1 is 0.811 bits per heavy atom. The molecule has 7 heteroatoms. The second-order valence-electron chi connectivity index (χ2n) is 9.20. The number of piperazine rings is 1. The highest BCUT2D eigenvalue weighted by atomic mass is 16.5. The van der Waals surface area contributed by atoms with Gasteiger partial charge in [-0.1, -0.05) is 48.5 Å². The maximum absolute atomic E-state index is 13.6. The van der Waals surface area contributed by atoms with E-state index in [2.05, 4.69) is 40.3 Å². The Hall–Kier alpha value is -4.10. The van der Waals surface area contributed by atoms with E-state index >= 15 is 0 Å². The highest BCUT2D eigenvalue weighted by Crippen LogP contribution is 2.29. The van der Waals surface area contributed by atoms with Gasteiger partial charge in [0.25, 0.3) is 5.91 Å². The van der Waals surface area contributed by atoms with Gasteiger partial charge in [0.2, 0.25) is 0 Å². The van der Waals surface area contributed by atoms with Crippen LogP contribution in [0, 0.1) is 0 Å². The lowest BCUT2D eigenvalue weighted by atomic mass is 9.97. The summed E-state index contributed by atoms with van der Waals surface area (Å²) in [6.07, 6.45) is 3.74. The van der Waals surface area contributed by atoms with Gasteiger partial charge in [-0.15, -0.1) is 0 Å². The molecule has 1 fully saturated rings. The normalized spacial score (nSPS) is 13.9. The largest absolute Gasteiger partial charge is 0.493 e. The molecule has 0 spiro atoms. The fourth-order valence-corrected chi connectivity index (χ4v) is 4.81. The molecule has 0 saturated carbocycles. The van der Waals surface area contributed by atoms with Crippen LogP contribution in [-0.4, -0.2) is 65.9 Å². The molecule has 37 heavy (non-hydrogen) atoms. The second kappa shape index (κ2) is 11.3. The number of hydrogen-bond donors (Lipinski definition) is 0. The van der Waals surface area contributed by atoms with Crippen LogP contribution in [0.25, 0.3) is 11.1 Å². The molecule has 3 aromatic carbocycles. The monoisotopic (exact) mass is 496 g/mol. The second-order valence-corrected chi connectivity index (χ2v) is 9.20. The molecule has 1 aromatic heterocycles. The van der Waals surface area contributed by atoms with E-state index in [1.54, 1.807) is 20.4 Å². The van der Waals surface area contributed by atoms with E-state index in [-0.39, 0.29) is 5.91 Å². The Morgan fingerprint density at radius 2 is 1.54 bits per heavy atom. The molecule has 0 radical (unpaired) electrons. The molecule has 1 saturated heterocycles. The van der Waals surface area contributed by atoms with Crippen LogP contribution in [0.1, 0.15) is 21.5 Å². The summed E-state index contributed by atoms with van der Waals surface area (Å²) in [4.78, 5) is 17.9. The summed E-state index contributed by atoms with van der Waals surface area (Å²) in [5, 5.41) is 4.28. The van der Waals surface area contributed by atoms with Crippen LogP contribution in [0.15, 0.2) is 85.2 Å². The third kappa shape index (κ3) is 5.67. The van der Waals surface area contributed by atoms with Crippen LogP contribution in [0.4, 0.5) is 0 Å². The number of carbonyl (C=O) groups excluding carboxylic acids is 1. The van der Waals surface area contributed by atoms with Crippen molar-refractivity contribution in [1.29, 1.82) is 0 Å². The van der Waals surface area contributed by atoms with Gasteiger partial charge in [0, 0.05) is 50.7 Å². The number of rotatable bonds is 8. The Morgan fingerprint density at radius 3 is 2.24 bits per heavy atom. The maximum Gasteiger partial charge on any atom is 0.254 e. The first-order valence-corrected chi connectivity index (χ1v) is 12.5. The first-order chi connectivity index (χ1) is 18.1. The molecule has 0 atom stereocenters. The molecule has 5 rings (SSSR count). The first-order valence-electron chi connectivity index (χ1n) is 12.5. The summed E-state index contributed by atoms with van der Waals surface area (Å²) >= 11 is 0. The molecule has 190 valence electrons. The predicted octanol–water partition coefficient (Wildman–Crippen LogP) is 4.57.